The van der Waals surface area contributed by atoms with E-state index in [0.717, 1.165) is 12.3 Å². The van der Waals surface area contributed by atoms with Gasteiger partial charge in [-0.2, -0.15) is 26.3 Å². The molecule has 35 heavy (non-hydrogen) atoms. The first-order chi connectivity index (χ1) is 16.4. The van der Waals surface area contributed by atoms with Gasteiger partial charge in [-0.3, -0.25) is 14.3 Å². The molecule has 0 amide bonds. The van der Waals surface area contributed by atoms with Crippen LogP contribution in [-0.2, 0) is 26.6 Å². The molecular weight excluding hydrogens is 506 g/mol. The number of carbonyl (C=O) groups is 1. The molecule has 1 aromatic carbocycles. The van der Waals surface area contributed by atoms with Crippen molar-refractivity contribution in [3.63, 3.8) is 0 Å². The number of aromatic nitrogens is 4. The van der Waals surface area contributed by atoms with Crippen LogP contribution in [-0.4, -0.2) is 32.3 Å². The summed E-state index contributed by atoms with van der Waals surface area (Å²) in [6.07, 6.45) is -12.8. The van der Waals surface area contributed by atoms with Crippen LogP contribution >= 0.6 is 11.6 Å². The number of hydrogen-bond donors (Lipinski definition) is 0. The Morgan fingerprint density at radius 2 is 1.86 bits per heavy atom. The molecule has 0 N–H and O–H groups in total. The SMILES string of the molecule is CCOC(=O)C[C@@H]1O[C@@H](c2cccnc2C(F)(F)F)c2cc(Cl)ccc2-n2c1nnc2C(F)(F)F. The Morgan fingerprint density at radius 1 is 1.11 bits per heavy atom. The van der Waals surface area contributed by atoms with Crippen molar-refractivity contribution in [1.29, 1.82) is 0 Å². The minimum absolute atomic E-state index is 0.0295. The molecule has 0 saturated carbocycles. The Labute approximate surface area is 198 Å². The molecule has 0 aliphatic carbocycles. The van der Waals surface area contributed by atoms with Gasteiger partial charge in [-0.15, -0.1) is 10.2 Å². The van der Waals surface area contributed by atoms with Crippen molar-refractivity contribution in [3.8, 4) is 5.69 Å². The van der Waals surface area contributed by atoms with Gasteiger partial charge in [-0.25, -0.2) is 0 Å². The third-order valence-corrected chi connectivity index (χ3v) is 5.33. The van der Waals surface area contributed by atoms with Gasteiger partial charge >= 0.3 is 18.3 Å². The summed E-state index contributed by atoms with van der Waals surface area (Å²) in [5.74, 6) is -2.74. The van der Waals surface area contributed by atoms with Crippen LogP contribution < -0.4 is 0 Å². The number of halogens is 7. The van der Waals surface area contributed by atoms with Crippen LogP contribution in [0.25, 0.3) is 5.69 Å². The number of ether oxygens (including phenoxy) is 2. The van der Waals surface area contributed by atoms with E-state index in [-0.39, 0.29) is 22.9 Å². The van der Waals surface area contributed by atoms with Crippen LogP contribution in [0.2, 0.25) is 5.02 Å². The predicted molar refractivity (Wildman–Crippen MR) is 108 cm³/mol. The molecule has 0 saturated heterocycles. The lowest BCUT2D eigenvalue weighted by molar-refractivity contribution is -0.149. The topological polar surface area (TPSA) is 79.1 Å². The first-order valence-electron chi connectivity index (χ1n) is 10.1. The first-order valence-corrected chi connectivity index (χ1v) is 10.4. The van der Waals surface area contributed by atoms with Gasteiger partial charge in [0, 0.05) is 22.3 Å². The Balaban J connectivity index is 2.00. The summed E-state index contributed by atoms with van der Waals surface area (Å²) in [6.45, 7) is 1.48. The third kappa shape index (κ3) is 4.82. The standard InChI is InChI=1S/C21H15ClF6N4O3/c1-2-34-15(33)9-14-18-30-31-19(21(26,27)28)32(18)13-6-5-10(22)8-12(13)16(35-14)11-4-3-7-29-17(11)20(23,24)25/h3-8,14,16H,2,9H2,1H3/t14-,16-/m0/s1. The van der Waals surface area contributed by atoms with Crippen molar-refractivity contribution in [2.45, 2.75) is 37.9 Å². The number of fused-ring (bicyclic) bond motifs is 3. The van der Waals surface area contributed by atoms with Crippen molar-refractivity contribution in [3.05, 3.63) is 70.0 Å². The molecule has 3 aromatic rings. The molecule has 0 unspecified atom stereocenters. The van der Waals surface area contributed by atoms with Crippen molar-refractivity contribution in [1.82, 2.24) is 19.7 Å². The summed E-state index contributed by atoms with van der Waals surface area (Å²) >= 11 is 6.07. The zero-order chi connectivity index (χ0) is 25.5. The lowest BCUT2D eigenvalue weighted by atomic mass is 9.97. The number of benzene rings is 1. The van der Waals surface area contributed by atoms with E-state index in [1.165, 1.54) is 31.2 Å². The molecule has 2 aromatic heterocycles. The van der Waals surface area contributed by atoms with E-state index in [4.69, 9.17) is 21.1 Å². The molecule has 14 heteroatoms. The largest absolute Gasteiger partial charge is 0.466 e. The van der Waals surface area contributed by atoms with Crippen LogP contribution in [0.15, 0.2) is 36.5 Å². The number of hydrogen-bond acceptors (Lipinski definition) is 6. The van der Waals surface area contributed by atoms with Gasteiger partial charge in [0.05, 0.1) is 18.7 Å². The molecule has 0 radical (unpaired) electrons. The fourth-order valence-corrected chi connectivity index (χ4v) is 3.96. The summed E-state index contributed by atoms with van der Waals surface area (Å²) in [7, 11) is 0. The second-order valence-electron chi connectivity index (χ2n) is 7.37. The van der Waals surface area contributed by atoms with Gasteiger partial charge < -0.3 is 9.47 Å². The van der Waals surface area contributed by atoms with Gasteiger partial charge in [-0.1, -0.05) is 17.7 Å². The van der Waals surface area contributed by atoms with Crippen LogP contribution in [0.1, 0.15) is 54.0 Å². The Hall–Kier alpha value is -3.19. The van der Waals surface area contributed by atoms with E-state index in [2.05, 4.69) is 15.2 Å². The lowest BCUT2D eigenvalue weighted by Crippen LogP contribution is -2.20. The molecular formula is C21H15ClF6N4O3. The van der Waals surface area contributed by atoms with Gasteiger partial charge in [-0.05, 0) is 31.2 Å². The van der Waals surface area contributed by atoms with E-state index in [0.29, 0.717) is 4.57 Å². The highest BCUT2D eigenvalue weighted by atomic mass is 35.5. The second-order valence-corrected chi connectivity index (χ2v) is 7.81. The number of carbonyl (C=O) groups excluding carboxylic acids is 1. The highest BCUT2D eigenvalue weighted by molar-refractivity contribution is 6.30. The number of esters is 1. The Kier molecular flexibility index (Phi) is 6.49. The summed E-state index contributed by atoms with van der Waals surface area (Å²) in [5, 5.41) is 6.84. The average molecular weight is 521 g/mol. The number of nitrogens with zero attached hydrogens (tertiary/aromatic N) is 4. The maximum Gasteiger partial charge on any atom is 0.452 e. The van der Waals surface area contributed by atoms with Gasteiger partial charge in [0.2, 0.25) is 5.82 Å². The maximum atomic E-state index is 13.8. The molecule has 186 valence electrons. The summed E-state index contributed by atoms with van der Waals surface area (Å²) < 4.78 is 94.2. The molecule has 1 aliphatic rings. The van der Waals surface area contributed by atoms with Crippen molar-refractivity contribution >= 4 is 17.6 Å². The van der Waals surface area contributed by atoms with E-state index >= 15 is 0 Å². The monoisotopic (exact) mass is 520 g/mol. The fraction of sp³-hybridized carbons (Fsp3) is 0.333. The van der Waals surface area contributed by atoms with Gasteiger partial charge in [0.1, 0.15) is 12.2 Å². The lowest BCUT2D eigenvalue weighted by Gasteiger charge is -2.24. The van der Waals surface area contributed by atoms with E-state index in [1.54, 1.807) is 0 Å². The first kappa shape index (κ1) is 24.9. The Bertz CT molecular complexity index is 1260. The van der Waals surface area contributed by atoms with Crippen molar-refractivity contribution in [2.24, 2.45) is 0 Å². The fourth-order valence-electron chi connectivity index (χ4n) is 3.78. The number of rotatable bonds is 4. The normalized spacial score (nSPS) is 17.9. The van der Waals surface area contributed by atoms with Crippen LogP contribution in [0.4, 0.5) is 26.3 Å². The molecule has 0 fully saturated rings. The van der Waals surface area contributed by atoms with Crippen molar-refractivity contribution < 1.29 is 40.6 Å². The highest BCUT2D eigenvalue weighted by Crippen LogP contribution is 2.46. The molecule has 1 aliphatic heterocycles. The second kappa shape index (κ2) is 9.11. The van der Waals surface area contributed by atoms with Crippen molar-refractivity contribution in [2.75, 3.05) is 6.61 Å². The summed E-state index contributed by atoms with van der Waals surface area (Å²) in [4.78, 5) is 15.7. The predicted octanol–water partition coefficient (Wildman–Crippen LogP) is 5.47. The molecule has 7 nitrogen and oxygen atoms in total. The average Bonchev–Trinajstić information content (AvgIpc) is 3.17. The molecule has 0 spiro atoms. The Morgan fingerprint density at radius 3 is 2.51 bits per heavy atom. The third-order valence-electron chi connectivity index (χ3n) is 5.09. The van der Waals surface area contributed by atoms with E-state index in [1.807, 2.05) is 0 Å². The number of alkyl halides is 6. The van der Waals surface area contributed by atoms with Gasteiger partial charge in [0.15, 0.2) is 11.5 Å². The minimum Gasteiger partial charge on any atom is -0.466 e. The molecule has 4 rings (SSSR count). The zero-order valence-electron chi connectivity index (χ0n) is 17.7. The van der Waals surface area contributed by atoms with E-state index < -0.39 is 59.9 Å². The number of pyridine rings is 1. The smallest absolute Gasteiger partial charge is 0.452 e. The van der Waals surface area contributed by atoms with Gasteiger partial charge in [0.25, 0.3) is 0 Å². The van der Waals surface area contributed by atoms with Crippen LogP contribution in [0.5, 0.6) is 0 Å². The van der Waals surface area contributed by atoms with Crippen LogP contribution in [0, 0.1) is 0 Å². The maximum absolute atomic E-state index is 13.8. The quantitative estimate of drug-likeness (QED) is 0.335. The summed E-state index contributed by atoms with van der Waals surface area (Å²) in [6, 6.07) is 5.95. The minimum atomic E-state index is -4.98. The highest BCUT2D eigenvalue weighted by Gasteiger charge is 2.45. The molecule has 3 heterocycles. The zero-order valence-corrected chi connectivity index (χ0v) is 18.4. The molecule has 0 bridgehead atoms. The summed E-state index contributed by atoms with van der Waals surface area (Å²) in [5.41, 5.74) is -2.13. The van der Waals surface area contributed by atoms with E-state index in [9.17, 15) is 31.1 Å². The molecule has 2 atom stereocenters. The van der Waals surface area contributed by atoms with Crippen LogP contribution in [0.3, 0.4) is 0 Å².